The van der Waals surface area contributed by atoms with Crippen molar-refractivity contribution >= 4 is 0 Å². The van der Waals surface area contributed by atoms with Gasteiger partial charge in [0.1, 0.15) is 12.4 Å². The molecule has 0 aliphatic heterocycles. The monoisotopic (exact) mass is 298 g/mol. The number of benzene rings is 1. The predicted molar refractivity (Wildman–Crippen MR) is 87.5 cm³/mol. The Morgan fingerprint density at radius 1 is 1.14 bits per heavy atom. The molecule has 0 amide bonds. The maximum absolute atomic E-state index is 9.09. The summed E-state index contributed by atoms with van der Waals surface area (Å²) in [5.41, 5.74) is 6.51. The number of hydrogen-bond acceptors (Lipinski definition) is 3. The van der Waals surface area contributed by atoms with E-state index >= 15 is 0 Å². The van der Waals surface area contributed by atoms with Crippen LogP contribution in [0.1, 0.15) is 25.8 Å². The normalized spacial score (nSPS) is 15.0. The quantitative estimate of drug-likeness (QED) is 0.613. The van der Waals surface area contributed by atoms with Crippen molar-refractivity contribution in [3.05, 3.63) is 71.0 Å². The van der Waals surface area contributed by atoms with E-state index in [0.717, 1.165) is 23.3 Å². The largest absolute Gasteiger partial charge is 0.488 e. The van der Waals surface area contributed by atoms with E-state index in [1.165, 1.54) is 5.57 Å². The maximum Gasteiger partial charge on any atom is 0.152 e. The molecule has 3 heteroatoms. The van der Waals surface area contributed by atoms with Crippen molar-refractivity contribution in [2.75, 3.05) is 6.61 Å². The topological polar surface area (TPSA) is 38.7 Å². The highest BCUT2D eigenvalue weighted by molar-refractivity contribution is 5.35. The number of rotatable bonds is 7. The van der Waals surface area contributed by atoms with Gasteiger partial charge < -0.3 is 14.6 Å². The van der Waals surface area contributed by atoms with Crippen LogP contribution < -0.4 is 4.74 Å². The molecule has 1 aliphatic carbocycles. The minimum absolute atomic E-state index is 0.389. The Morgan fingerprint density at radius 2 is 1.91 bits per heavy atom. The summed E-state index contributed by atoms with van der Waals surface area (Å²) in [7, 11) is 0. The summed E-state index contributed by atoms with van der Waals surface area (Å²) in [5.74, 6) is 0.802. The van der Waals surface area contributed by atoms with Gasteiger partial charge in [0, 0.05) is 5.57 Å². The van der Waals surface area contributed by atoms with Crippen LogP contribution in [0.2, 0.25) is 0 Å². The highest BCUT2D eigenvalue weighted by atomic mass is 16.6. The molecule has 116 valence electrons. The molecule has 0 radical (unpaired) electrons. The maximum atomic E-state index is 9.09. The molecular formula is C19H22O3. The zero-order valence-corrected chi connectivity index (χ0v) is 13.1. The Hall–Kier alpha value is -2.06. The summed E-state index contributed by atoms with van der Waals surface area (Å²) in [6.07, 6.45) is 8.42. The molecule has 3 nitrogen and oxygen atoms in total. The van der Waals surface area contributed by atoms with E-state index in [2.05, 4.69) is 24.8 Å². The third-order valence-electron chi connectivity index (χ3n) is 3.28. The van der Waals surface area contributed by atoms with Gasteiger partial charge in [0.05, 0.1) is 6.61 Å². The molecule has 2 rings (SSSR count). The first-order valence-electron chi connectivity index (χ1n) is 7.51. The van der Waals surface area contributed by atoms with Crippen LogP contribution in [-0.4, -0.2) is 18.0 Å². The van der Waals surface area contributed by atoms with Gasteiger partial charge in [-0.05, 0) is 48.8 Å². The molecule has 0 spiro atoms. The fourth-order valence-corrected chi connectivity index (χ4v) is 1.95. The molecule has 0 heterocycles. The van der Waals surface area contributed by atoms with Crippen LogP contribution in [0.15, 0.2) is 65.4 Å². The van der Waals surface area contributed by atoms with Gasteiger partial charge in [-0.1, -0.05) is 31.2 Å². The summed E-state index contributed by atoms with van der Waals surface area (Å²) in [4.78, 5) is 0. The van der Waals surface area contributed by atoms with Gasteiger partial charge in [-0.25, -0.2) is 0 Å². The molecule has 1 aromatic rings. The second-order valence-corrected chi connectivity index (χ2v) is 5.11. The Labute approximate surface area is 131 Å². The summed E-state index contributed by atoms with van der Waals surface area (Å²) < 4.78 is 10.9. The molecule has 0 aromatic heterocycles. The Kier molecular flexibility index (Phi) is 6.23. The average molecular weight is 298 g/mol. The SMILES string of the molecule is CCC1=CC=C=C(COc2ccc(COC(C)O)cc2)C=C1. The summed E-state index contributed by atoms with van der Waals surface area (Å²) in [5, 5.41) is 9.09. The minimum Gasteiger partial charge on any atom is -0.488 e. The molecule has 0 fully saturated rings. The number of hydrogen-bond donors (Lipinski definition) is 1. The first kappa shape index (κ1) is 16.3. The lowest BCUT2D eigenvalue weighted by Gasteiger charge is -2.09. The van der Waals surface area contributed by atoms with Crippen molar-refractivity contribution in [3.8, 4) is 5.75 Å². The molecule has 22 heavy (non-hydrogen) atoms. The molecule has 1 aromatic carbocycles. The highest BCUT2D eigenvalue weighted by Crippen LogP contribution is 2.15. The van der Waals surface area contributed by atoms with Gasteiger partial charge in [-0.3, -0.25) is 0 Å². The van der Waals surface area contributed by atoms with E-state index in [1.54, 1.807) is 6.92 Å². The van der Waals surface area contributed by atoms with E-state index < -0.39 is 6.29 Å². The standard InChI is InChI=1S/C19H22O3/c1-3-16-5-4-6-17(8-7-16)14-22-19-11-9-18(10-12-19)13-21-15(2)20/h4-5,7-12,15,20H,3,13-14H2,1-2H3. The molecule has 0 bridgehead atoms. The van der Waals surface area contributed by atoms with Crippen LogP contribution in [0.3, 0.4) is 0 Å². The zero-order valence-electron chi connectivity index (χ0n) is 13.1. The summed E-state index contributed by atoms with van der Waals surface area (Å²) in [6.45, 7) is 4.60. The van der Waals surface area contributed by atoms with Crippen molar-refractivity contribution in [1.82, 2.24) is 0 Å². The summed E-state index contributed by atoms with van der Waals surface area (Å²) in [6, 6.07) is 7.67. The van der Waals surface area contributed by atoms with Crippen LogP contribution in [0.4, 0.5) is 0 Å². The Morgan fingerprint density at radius 3 is 2.59 bits per heavy atom. The number of allylic oxidation sites excluding steroid dienone is 3. The Balaban J connectivity index is 1.86. The third kappa shape index (κ3) is 5.38. The van der Waals surface area contributed by atoms with Crippen molar-refractivity contribution in [1.29, 1.82) is 0 Å². The average Bonchev–Trinajstić information content (AvgIpc) is 2.77. The van der Waals surface area contributed by atoms with Crippen LogP contribution >= 0.6 is 0 Å². The van der Waals surface area contributed by atoms with E-state index in [4.69, 9.17) is 14.6 Å². The van der Waals surface area contributed by atoms with E-state index in [9.17, 15) is 0 Å². The number of aliphatic hydroxyl groups excluding tert-OH is 1. The van der Waals surface area contributed by atoms with Crippen molar-refractivity contribution in [2.45, 2.75) is 33.2 Å². The third-order valence-corrected chi connectivity index (χ3v) is 3.28. The predicted octanol–water partition coefficient (Wildman–Crippen LogP) is 3.91. The Bertz CT molecular complexity index is 600. The number of aliphatic hydroxyl groups is 1. The fraction of sp³-hybridized carbons (Fsp3) is 0.316. The number of ether oxygens (including phenoxy) is 2. The van der Waals surface area contributed by atoms with Gasteiger partial charge in [0.15, 0.2) is 6.29 Å². The smallest absolute Gasteiger partial charge is 0.152 e. The van der Waals surface area contributed by atoms with Gasteiger partial charge in [-0.2, -0.15) is 0 Å². The molecule has 1 unspecified atom stereocenters. The summed E-state index contributed by atoms with van der Waals surface area (Å²) >= 11 is 0. The second-order valence-electron chi connectivity index (χ2n) is 5.11. The first-order chi connectivity index (χ1) is 10.7. The zero-order chi connectivity index (χ0) is 15.8. The van der Waals surface area contributed by atoms with E-state index in [1.807, 2.05) is 36.4 Å². The molecule has 0 saturated carbocycles. The molecular weight excluding hydrogens is 276 g/mol. The van der Waals surface area contributed by atoms with E-state index in [-0.39, 0.29) is 0 Å². The molecule has 1 aliphatic rings. The van der Waals surface area contributed by atoms with Gasteiger partial charge in [0.25, 0.3) is 0 Å². The lowest BCUT2D eigenvalue weighted by atomic mass is 10.2. The van der Waals surface area contributed by atoms with Gasteiger partial charge >= 0.3 is 0 Å². The highest BCUT2D eigenvalue weighted by Gasteiger charge is 2.00. The lowest BCUT2D eigenvalue weighted by molar-refractivity contribution is -0.0939. The van der Waals surface area contributed by atoms with E-state index in [0.29, 0.717) is 13.2 Å². The lowest BCUT2D eigenvalue weighted by Crippen LogP contribution is -2.05. The van der Waals surface area contributed by atoms with Gasteiger partial charge in [-0.15, -0.1) is 5.73 Å². The van der Waals surface area contributed by atoms with Crippen molar-refractivity contribution < 1.29 is 14.6 Å². The molecule has 0 saturated heterocycles. The first-order valence-corrected chi connectivity index (χ1v) is 7.51. The van der Waals surface area contributed by atoms with Gasteiger partial charge in [0.2, 0.25) is 0 Å². The van der Waals surface area contributed by atoms with Crippen LogP contribution in [0.5, 0.6) is 5.75 Å². The van der Waals surface area contributed by atoms with Crippen molar-refractivity contribution in [3.63, 3.8) is 0 Å². The minimum atomic E-state index is -0.752. The fourth-order valence-electron chi connectivity index (χ4n) is 1.95. The second kappa shape index (κ2) is 8.40. The van der Waals surface area contributed by atoms with Crippen molar-refractivity contribution in [2.24, 2.45) is 0 Å². The molecule has 1 N–H and O–H groups in total. The van der Waals surface area contributed by atoms with Crippen LogP contribution in [0, 0.1) is 0 Å². The molecule has 1 atom stereocenters. The van der Waals surface area contributed by atoms with Crippen LogP contribution in [0.25, 0.3) is 0 Å². The van der Waals surface area contributed by atoms with Crippen LogP contribution in [-0.2, 0) is 11.3 Å².